The first-order valence-corrected chi connectivity index (χ1v) is 20.0. The van der Waals surface area contributed by atoms with Crippen LogP contribution >= 0.6 is 11.6 Å². The van der Waals surface area contributed by atoms with Crippen molar-refractivity contribution in [2.45, 2.75) is 113 Å². The Morgan fingerprint density at radius 2 is 1.67 bits per heavy atom. The normalized spacial score (nSPS) is 26.5. The lowest BCUT2D eigenvalue weighted by molar-refractivity contribution is -0.141. The van der Waals surface area contributed by atoms with Crippen LogP contribution in [0.4, 0.5) is 9.59 Å². The Morgan fingerprint density at radius 3 is 2.33 bits per heavy atom. The molecular formula is C38H46ClN5O9S. The first kappa shape index (κ1) is 39.1. The maximum atomic E-state index is 14.4. The molecule has 290 valence electrons. The standard InChI is InChI=1S/C38H46ClN5O9S/c1-37(2,3)53-35(48)40-30-14-8-6-4-5-7-13-26-20-38(26,34(47)42-54(50,51)29-17-15-27(39)16-18-29)41-32(45)31-19-28(23-44(31)33(30)46)52-36(49)43-21-24-11-9-10-12-25(24)22-43/h7,9-13,15-18,26,28,30-31H,4-6,8,14,19-23H2,1-3H3,(H,40,48)(H,41,45)(H,42,47)/b13-7-/t26-,28+,30-,31-,38+/m0/s1. The molecule has 0 aromatic heterocycles. The molecule has 3 aliphatic heterocycles. The number of carbonyl (C=O) groups excluding carboxylic acids is 5. The molecule has 0 bridgehead atoms. The zero-order valence-corrected chi connectivity index (χ0v) is 32.1. The molecule has 1 saturated heterocycles. The van der Waals surface area contributed by atoms with Crippen LogP contribution in [0, 0.1) is 5.92 Å². The number of alkyl carbamates (subject to hydrolysis) is 1. The Kier molecular flexibility index (Phi) is 11.3. The smallest absolute Gasteiger partial charge is 0.410 e. The number of ether oxygens (including phenoxy) is 2. The van der Waals surface area contributed by atoms with E-state index in [-0.39, 0.29) is 30.7 Å². The highest BCUT2D eigenvalue weighted by molar-refractivity contribution is 7.90. The van der Waals surface area contributed by atoms with Crippen LogP contribution in [0.3, 0.4) is 0 Å². The summed E-state index contributed by atoms with van der Waals surface area (Å²) in [6.45, 7) is 5.66. The summed E-state index contributed by atoms with van der Waals surface area (Å²) in [4.78, 5) is 71.5. The molecule has 5 amide bonds. The number of halogens is 1. The molecule has 2 aromatic carbocycles. The SMILES string of the molecule is CC(C)(C)OC(=O)N[C@H]1CCCCC/C=C\[C@H]2C[C@@]2(C(=O)NS(=O)(=O)c2ccc(Cl)cc2)NC(=O)[C@@H]2C[C@@H](OC(=O)N3Cc4ccccc4C3)CN2C1=O. The van der Waals surface area contributed by atoms with E-state index in [1.54, 1.807) is 26.8 Å². The van der Waals surface area contributed by atoms with Crippen LogP contribution in [-0.4, -0.2) is 84.0 Å². The fourth-order valence-electron chi connectivity index (χ4n) is 7.18. The molecular weight excluding hydrogens is 738 g/mol. The average molecular weight is 784 g/mol. The second-order valence-electron chi connectivity index (χ2n) is 15.3. The van der Waals surface area contributed by atoms with E-state index in [0.29, 0.717) is 31.0 Å². The highest BCUT2D eigenvalue weighted by Crippen LogP contribution is 2.46. The molecule has 1 aliphatic carbocycles. The van der Waals surface area contributed by atoms with Gasteiger partial charge in [-0.15, -0.1) is 0 Å². The number of nitrogens with zero attached hydrogens (tertiary/aromatic N) is 2. The average Bonchev–Trinajstić information content (AvgIpc) is 3.40. The van der Waals surface area contributed by atoms with Gasteiger partial charge < -0.3 is 25.0 Å². The lowest BCUT2D eigenvalue weighted by Crippen LogP contribution is -2.58. The summed E-state index contributed by atoms with van der Waals surface area (Å²) in [5.41, 5.74) is -0.477. The van der Waals surface area contributed by atoms with E-state index in [1.165, 1.54) is 34.1 Å². The summed E-state index contributed by atoms with van der Waals surface area (Å²) < 4.78 is 40.0. The third-order valence-corrected chi connectivity index (χ3v) is 11.7. The van der Waals surface area contributed by atoms with Crippen molar-refractivity contribution in [1.82, 2.24) is 25.2 Å². The van der Waals surface area contributed by atoms with Crippen LogP contribution in [0.15, 0.2) is 65.6 Å². The van der Waals surface area contributed by atoms with E-state index < -0.39 is 75.2 Å². The second kappa shape index (κ2) is 15.6. The zero-order valence-electron chi connectivity index (χ0n) is 30.5. The Labute approximate surface area is 320 Å². The van der Waals surface area contributed by atoms with E-state index in [4.69, 9.17) is 21.1 Å². The number of allylic oxidation sites excluding steroid dienone is 1. The molecule has 6 rings (SSSR count). The van der Waals surface area contributed by atoms with Gasteiger partial charge >= 0.3 is 12.2 Å². The third kappa shape index (κ3) is 9.00. The number of fused-ring (bicyclic) bond motifs is 3. The van der Waals surface area contributed by atoms with Gasteiger partial charge in [-0.2, -0.15) is 0 Å². The van der Waals surface area contributed by atoms with Crippen LogP contribution in [0.5, 0.6) is 0 Å². The number of benzene rings is 2. The first-order valence-electron chi connectivity index (χ1n) is 18.2. The van der Waals surface area contributed by atoms with Crippen molar-refractivity contribution >= 4 is 51.5 Å². The molecule has 2 aromatic rings. The highest BCUT2D eigenvalue weighted by Gasteiger charge is 2.61. The van der Waals surface area contributed by atoms with Crippen LogP contribution < -0.4 is 15.4 Å². The molecule has 3 N–H and O–H groups in total. The Morgan fingerprint density at radius 1 is 0.981 bits per heavy atom. The molecule has 0 unspecified atom stereocenters. The predicted molar refractivity (Wildman–Crippen MR) is 197 cm³/mol. The van der Waals surface area contributed by atoms with Crippen molar-refractivity contribution in [3.63, 3.8) is 0 Å². The lowest BCUT2D eigenvalue weighted by atomic mass is 10.0. The molecule has 14 nitrogen and oxygen atoms in total. The molecule has 1 saturated carbocycles. The summed E-state index contributed by atoms with van der Waals surface area (Å²) in [6.07, 6.45) is 4.39. The van der Waals surface area contributed by atoms with E-state index in [1.807, 2.05) is 30.3 Å². The Bertz CT molecular complexity index is 1910. The van der Waals surface area contributed by atoms with Gasteiger partial charge in [0.25, 0.3) is 15.9 Å². The first-order chi connectivity index (χ1) is 25.5. The predicted octanol–water partition coefficient (Wildman–Crippen LogP) is 4.56. The van der Waals surface area contributed by atoms with Gasteiger partial charge in [-0.25, -0.2) is 22.7 Å². The summed E-state index contributed by atoms with van der Waals surface area (Å²) in [5.74, 6) is -2.75. The number of hydrogen-bond acceptors (Lipinski definition) is 9. The number of nitrogens with one attached hydrogen (secondary N) is 3. The van der Waals surface area contributed by atoms with Crippen molar-refractivity contribution in [1.29, 1.82) is 0 Å². The van der Waals surface area contributed by atoms with Gasteiger partial charge in [-0.1, -0.05) is 60.9 Å². The largest absolute Gasteiger partial charge is 0.444 e. The summed E-state index contributed by atoms with van der Waals surface area (Å²) in [5, 5.41) is 5.80. The highest BCUT2D eigenvalue weighted by atomic mass is 35.5. The fourth-order valence-corrected chi connectivity index (χ4v) is 8.34. The lowest BCUT2D eigenvalue weighted by Gasteiger charge is -2.30. The van der Waals surface area contributed by atoms with E-state index in [0.717, 1.165) is 24.0 Å². The van der Waals surface area contributed by atoms with Crippen molar-refractivity contribution < 1.29 is 41.9 Å². The minimum Gasteiger partial charge on any atom is -0.444 e. The molecule has 54 heavy (non-hydrogen) atoms. The summed E-state index contributed by atoms with van der Waals surface area (Å²) in [7, 11) is -4.34. The molecule has 16 heteroatoms. The van der Waals surface area contributed by atoms with Gasteiger partial charge in [0, 0.05) is 30.5 Å². The van der Waals surface area contributed by atoms with Crippen molar-refractivity contribution in [3.05, 3.63) is 76.8 Å². The van der Waals surface area contributed by atoms with Gasteiger partial charge in [0.1, 0.15) is 29.3 Å². The van der Waals surface area contributed by atoms with Crippen LogP contribution in [0.2, 0.25) is 5.02 Å². The number of sulfonamides is 1. The van der Waals surface area contributed by atoms with Gasteiger partial charge in [-0.05, 0) is 81.8 Å². The maximum Gasteiger partial charge on any atom is 0.410 e. The van der Waals surface area contributed by atoms with Gasteiger partial charge in [0.15, 0.2) is 0 Å². The zero-order chi connectivity index (χ0) is 38.8. The van der Waals surface area contributed by atoms with Crippen molar-refractivity contribution in [2.24, 2.45) is 5.92 Å². The van der Waals surface area contributed by atoms with Crippen LogP contribution in [0.1, 0.15) is 76.8 Å². The summed E-state index contributed by atoms with van der Waals surface area (Å²) >= 11 is 5.94. The summed E-state index contributed by atoms with van der Waals surface area (Å²) in [6, 6.07) is 10.7. The van der Waals surface area contributed by atoms with E-state index in [2.05, 4.69) is 15.4 Å². The van der Waals surface area contributed by atoms with Crippen molar-refractivity contribution in [2.75, 3.05) is 6.54 Å². The number of hydrogen-bond donors (Lipinski definition) is 3. The minimum atomic E-state index is -4.34. The van der Waals surface area contributed by atoms with E-state index >= 15 is 0 Å². The van der Waals surface area contributed by atoms with Crippen LogP contribution in [0.25, 0.3) is 0 Å². The van der Waals surface area contributed by atoms with Crippen LogP contribution in [-0.2, 0) is 47.0 Å². The molecule has 2 fully saturated rings. The monoisotopic (exact) mass is 783 g/mol. The van der Waals surface area contributed by atoms with Gasteiger partial charge in [0.05, 0.1) is 11.4 Å². The topological polar surface area (TPSA) is 181 Å². The second-order valence-corrected chi connectivity index (χ2v) is 17.4. The van der Waals surface area contributed by atoms with Crippen molar-refractivity contribution in [3.8, 4) is 0 Å². The van der Waals surface area contributed by atoms with Gasteiger partial charge in [-0.3, -0.25) is 19.3 Å². The quantitative estimate of drug-likeness (QED) is 0.367. The number of carbonyl (C=O) groups is 5. The fraction of sp³-hybridized carbons (Fsp3) is 0.500. The Balaban J connectivity index is 1.26. The van der Waals surface area contributed by atoms with Gasteiger partial charge in [0.2, 0.25) is 11.8 Å². The minimum absolute atomic E-state index is 0.0927. The molecule has 3 heterocycles. The number of rotatable bonds is 5. The molecule has 0 spiro atoms. The van der Waals surface area contributed by atoms with E-state index in [9.17, 15) is 32.4 Å². The third-order valence-electron chi connectivity index (χ3n) is 10.1. The molecule has 0 radical (unpaired) electrons. The molecule has 4 aliphatic rings. The number of amides is 5. The Hall–Kier alpha value is -4.63. The maximum absolute atomic E-state index is 14.4. The molecule has 5 atom stereocenters.